The third-order valence-corrected chi connectivity index (χ3v) is 3.83. The van der Waals surface area contributed by atoms with Crippen molar-refractivity contribution in [2.75, 3.05) is 5.75 Å². The number of carbonyl (C=O) groups is 1. The van der Waals surface area contributed by atoms with Gasteiger partial charge in [-0.1, -0.05) is 11.6 Å². The van der Waals surface area contributed by atoms with E-state index in [1.165, 1.54) is 0 Å². The lowest BCUT2D eigenvalue weighted by Gasteiger charge is -2.22. The maximum Gasteiger partial charge on any atom is 0.337 e. The summed E-state index contributed by atoms with van der Waals surface area (Å²) in [4.78, 5) is 11.8. The highest BCUT2D eigenvalue weighted by atomic mass is 35.5. The average Bonchev–Trinajstić information content (AvgIpc) is 2.18. The molecule has 0 aromatic heterocycles. The molecule has 3 nitrogen and oxygen atoms in total. The van der Waals surface area contributed by atoms with Gasteiger partial charge in [0.2, 0.25) is 0 Å². The number of fused-ring (bicyclic) bond motifs is 1. The first-order valence-electron chi connectivity index (χ1n) is 4.54. The maximum atomic E-state index is 10.9. The minimum atomic E-state index is -0.998. The first-order chi connectivity index (χ1) is 7.09. The summed E-state index contributed by atoms with van der Waals surface area (Å²) in [7, 11) is 0. The molecule has 0 saturated heterocycles. The fraction of sp³-hybridized carbons (Fsp3) is 0.300. The summed E-state index contributed by atoms with van der Waals surface area (Å²) in [5.74, 6) is -0.0722. The molecular weight excluding hydrogens is 234 g/mol. The molecule has 1 heterocycles. The van der Waals surface area contributed by atoms with Crippen molar-refractivity contribution in [3.05, 3.63) is 28.3 Å². The summed E-state index contributed by atoms with van der Waals surface area (Å²) in [6.45, 7) is 0. The number of halogens is 1. The molecule has 80 valence electrons. The van der Waals surface area contributed by atoms with Gasteiger partial charge in [-0.2, -0.15) is 0 Å². The van der Waals surface area contributed by atoms with Crippen molar-refractivity contribution in [2.45, 2.75) is 17.4 Å². The number of aromatic carboxylic acids is 1. The van der Waals surface area contributed by atoms with Crippen molar-refractivity contribution in [2.24, 2.45) is 5.73 Å². The summed E-state index contributed by atoms with van der Waals surface area (Å²) in [6.07, 6.45) is 0.903. The monoisotopic (exact) mass is 243 g/mol. The lowest BCUT2D eigenvalue weighted by atomic mass is 10.0. The number of thioether (sulfide) groups is 1. The summed E-state index contributed by atoms with van der Waals surface area (Å²) in [6, 6.07) is 3.27. The van der Waals surface area contributed by atoms with Crippen LogP contribution >= 0.6 is 23.4 Å². The Morgan fingerprint density at radius 2 is 2.33 bits per heavy atom. The standard InChI is InChI=1S/C10H10ClNO2S/c11-7-3-6-8(12)1-2-15-9(6)4-5(7)10(13)14/h3-4,8H,1-2,12H2,(H,13,14). The van der Waals surface area contributed by atoms with E-state index in [1.807, 2.05) is 0 Å². The Hall–Kier alpha value is -0.710. The zero-order chi connectivity index (χ0) is 11.0. The smallest absolute Gasteiger partial charge is 0.337 e. The maximum absolute atomic E-state index is 10.9. The highest BCUT2D eigenvalue weighted by Crippen LogP contribution is 2.37. The molecule has 5 heteroatoms. The van der Waals surface area contributed by atoms with Gasteiger partial charge in [-0.25, -0.2) is 4.79 Å². The van der Waals surface area contributed by atoms with Crippen LogP contribution in [0.4, 0.5) is 0 Å². The van der Waals surface area contributed by atoms with E-state index in [0.717, 1.165) is 22.6 Å². The van der Waals surface area contributed by atoms with Crippen LogP contribution in [0.25, 0.3) is 0 Å². The lowest BCUT2D eigenvalue weighted by molar-refractivity contribution is 0.0697. The van der Waals surface area contributed by atoms with Gasteiger partial charge >= 0.3 is 5.97 Å². The van der Waals surface area contributed by atoms with E-state index in [1.54, 1.807) is 23.9 Å². The second-order valence-corrected chi connectivity index (χ2v) is 4.96. The van der Waals surface area contributed by atoms with Crippen molar-refractivity contribution in [1.29, 1.82) is 0 Å². The van der Waals surface area contributed by atoms with Crippen molar-refractivity contribution < 1.29 is 9.90 Å². The van der Waals surface area contributed by atoms with Crippen LogP contribution in [0, 0.1) is 0 Å². The Kier molecular flexibility index (Phi) is 2.91. The van der Waals surface area contributed by atoms with Gasteiger partial charge in [-0.15, -0.1) is 11.8 Å². The normalized spacial score (nSPS) is 19.7. The Bertz CT molecular complexity index is 422. The Morgan fingerprint density at radius 1 is 1.60 bits per heavy atom. The van der Waals surface area contributed by atoms with Crippen LogP contribution in [0.1, 0.15) is 28.4 Å². The Labute approximate surface area is 96.6 Å². The minimum Gasteiger partial charge on any atom is -0.478 e. The number of carboxylic acids is 1. The third kappa shape index (κ3) is 1.97. The van der Waals surface area contributed by atoms with E-state index >= 15 is 0 Å². The number of rotatable bonds is 1. The predicted molar refractivity (Wildman–Crippen MR) is 60.7 cm³/mol. The summed E-state index contributed by atoms with van der Waals surface area (Å²) in [5.41, 5.74) is 7.03. The molecule has 1 aliphatic rings. The predicted octanol–water partition coefficient (Wildman–Crippen LogP) is 2.53. The molecule has 1 unspecified atom stereocenters. The van der Waals surface area contributed by atoms with Gasteiger partial charge in [0.15, 0.2) is 0 Å². The molecule has 0 aliphatic carbocycles. The molecule has 0 spiro atoms. The van der Waals surface area contributed by atoms with Crippen LogP contribution in [0.5, 0.6) is 0 Å². The number of nitrogens with two attached hydrogens (primary N) is 1. The van der Waals surface area contributed by atoms with Crippen molar-refractivity contribution in [1.82, 2.24) is 0 Å². The number of carboxylic acid groups (broad SMARTS) is 1. The topological polar surface area (TPSA) is 63.3 Å². The third-order valence-electron chi connectivity index (χ3n) is 2.42. The molecule has 0 fully saturated rings. The van der Waals surface area contributed by atoms with Gasteiger partial charge in [0.05, 0.1) is 10.6 Å². The highest BCUT2D eigenvalue weighted by molar-refractivity contribution is 7.99. The molecule has 1 atom stereocenters. The highest BCUT2D eigenvalue weighted by Gasteiger charge is 2.21. The SMILES string of the molecule is NC1CCSc2cc(C(=O)O)c(Cl)cc21. The van der Waals surface area contributed by atoms with Crippen molar-refractivity contribution in [3.8, 4) is 0 Å². The van der Waals surface area contributed by atoms with Gasteiger partial charge in [0, 0.05) is 10.9 Å². The van der Waals surface area contributed by atoms with E-state index in [4.69, 9.17) is 22.4 Å². The van der Waals surface area contributed by atoms with E-state index in [0.29, 0.717) is 0 Å². The number of hydrogen-bond acceptors (Lipinski definition) is 3. The number of hydrogen-bond donors (Lipinski definition) is 2. The second kappa shape index (κ2) is 4.04. The van der Waals surface area contributed by atoms with Crippen LogP contribution in [-0.4, -0.2) is 16.8 Å². The molecule has 1 aromatic rings. The van der Waals surface area contributed by atoms with E-state index in [9.17, 15) is 4.79 Å². The van der Waals surface area contributed by atoms with Crippen LogP contribution in [0.15, 0.2) is 17.0 Å². The van der Waals surface area contributed by atoms with Gasteiger partial charge in [0.25, 0.3) is 0 Å². The van der Waals surface area contributed by atoms with E-state index < -0.39 is 5.97 Å². The molecular formula is C10H10ClNO2S. The molecule has 0 radical (unpaired) electrons. The molecule has 1 aliphatic heterocycles. The second-order valence-electron chi connectivity index (χ2n) is 3.42. The zero-order valence-corrected chi connectivity index (χ0v) is 9.44. The van der Waals surface area contributed by atoms with Gasteiger partial charge in [-0.3, -0.25) is 0 Å². The minimum absolute atomic E-state index is 0.0263. The largest absolute Gasteiger partial charge is 0.478 e. The fourth-order valence-electron chi connectivity index (χ4n) is 1.60. The van der Waals surface area contributed by atoms with Crippen LogP contribution < -0.4 is 5.73 Å². The van der Waals surface area contributed by atoms with Crippen LogP contribution in [0.3, 0.4) is 0 Å². The molecule has 2 rings (SSSR count). The number of benzene rings is 1. The fourth-order valence-corrected chi connectivity index (χ4v) is 3.02. The van der Waals surface area contributed by atoms with Gasteiger partial charge in [-0.05, 0) is 29.9 Å². The molecule has 0 amide bonds. The molecule has 0 saturated carbocycles. The summed E-state index contributed by atoms with van der Waals surface area (Å²) in [5, 5.41) is 9.17. The summed E-state index contributed by atoms with van der Waals surface area (Å²) >= 11 is 7.51. The van der Waals surface area contributed by atoms with Crippen molar-refractivity contribution in [3.63, 3.8) is 0 Å². The van der Waals surface area contributed by atoms with E-state index in [2.05, 4.69) is 0 Å². The van der Waals surface area contributed by atoms with Crippen LogP contribution in [-0.2, 0) is 0 Å². The Balaban J connectivity index is 2.54. The van der Waals surface area contributed by atoms with Gasteiger partial charge < -0.3 is 10.8 Å². The zero-order valence-electron chi connectivity index (χ0n) is 7.87. The first kappa shape index (κ1) is 10.8. The molecule has 1 aromatic carbocycles. The quantitative estimate of drug-likeness (QED) is 0.796. The first-order valence-corrected chi connectivity index (χ1v) is 5.91. The Morgan fingerprint density at radius 3 is 3.00 bits per heavy atom. The molecule has 3 N–H and O–H groups in total. The van der Waals surface area contributed by atoms with Crippen molar-refractivity contribution >= 4 is 29.3 Å². The van der Waals surface area contributed by atoms with E-state index in [-0.39, 0.29) is 16.6 Å². The summed E-state index contributed by atoms with van der Waals surface area (Å²) < 4.78 is 0. The lowest BCUT2D eigenvalue weighted by Crippen LogP contribution is -2.16. The molecule has 15 heavy (non-hydrogen) atoms. The van der Waals surface area contributed by atoms with Gasteiger partial charge in [0.1, 0.15) is 0 Å². The molecule has 0 bridgehead atoms. The average molecular weight is 244 g/mol. The van der Waals surface area contributed by atoms with Crippen LogP contribution in [0.2, 0.25) is 5.02 Å².